The molecule has 1 amide bonds. The van der Waals surface area contributed by atoms with E-state index in [0.717, 1.165) is 0 Å². The highest BCUT2D eigenvalue weighted by atomic mass is 16.5. The standard InChI is InChI=1S/C12H24N2O2/c1-9-8-12(2,3)5-4-10(9)14-6-7-16-11(13)15/h9-10,14H,4-8H2,1-3H3,(H2,13,15). The summed E-state index contributed by atoms with van der Waals surface area (Å²) in [4.78, 5) is 10.4. The van der Waals surface area contributed by atoms with Gasteiger partial charge in [0, 0.05) is 12.6 Å². The molecule has 0 heterocycles. The molecular formula is C12H24N2O2. The molecule has 1 aliphatic rings. The minimum atomic E-state index is -0.695. The molecule has 2 unspecified atom stereocenters. The molecule has 2 atom stereocenters. The number of carbonyl (C=O) groups is 1. The fraction of sp³-hybridized carbons (Fsp3) is 0.917. The molecule has 0 aromatic rings. The van der Waals surface area contributed by atoms with Gasteiger partial charge >= 0.3 is 6.09 Å². The monoisotopic (exact) mass is 228 g/mol. The fourth-order valence-corrected chi connectivity index (χ4v) is 2.65. The molecule has 0 saturated heterocycles. The van der Waals surface area contributed by atoms with Gasteiger partial charge in [-0.15, -0.1) is 0 Å². The van der Waals surface area contributed by atoms with E-state index >= 15 is 0 Å². The zero-order valence-corrected chi connectivity index (χ0v) is 10.6. The first-order valence-electron chi connectivity index (χ1n) is 6.06. The van der Waals surface area contributed by atoms with E-state index in [1.165, 1.54) is 19.3 Å². The van der Waals surface area contributed by atoms with Crippen LogP contribution in [0, 0.1) is 11.3 Å². The summed E-state index contributed by atoms with van der Waals surface area (Å²) < 4.78 is 4.69. The van der Waals surface area contributed by atoms with Crippen molar-refractivity contribution in [3.05, 3.63) is 0 Å². The Morgan fingerprint density at radius 2 is 2.25 bits per heavy atom. The maximum absolute atomic E-state index is 10.4. The second-order valence-electron chi connectivity index (χ2n) is 5.61. The lowest BCUT2D eigenvalue weighted by molar-refractivity contribution is 0.133. The van der Waals surface area contributed by atoms with Crippen LogP contribution in [-0.4, -0.2) is 25.3 Å². The molecule has 0 aromatic carbocycles. The minimum Gasteiger partial charge on any atom is -0.448 e. The Morgan fingerprint density at radius 1 is 1.56 bits per heavy atom. The molecule has 1 aliphatic carbocycles. The predicted octanol–water partition coefficient (Wildman–Crippen LogP) is 1.89. The number of ether oxygens (including phenoxy) is 1. The third kappa shape index (κ3) is 4.39. The highest BCUT2D eigenvalue weighted by Gasteiger charge is 2.31. The molecule has 1 saturated carbocycles. The zero-order chi connectivity index (χ0) is 12.2. The van der Waals surface area contributed by atoms with Crippen molar-refractivity contribution in [3.63, 3.8) is 0 Å². The van der Waals surface area contributed by atoms with E-state index in [1.54, 1.807) is 0 Å². The molecule has 0 radical (unpaired) electrons. The first-order chi connectivity index (χ1) is 7.41. The molecule has 0 aliphatic heterocycles. The lowest BCUT2D eigenvalue weighted by Gasteiger charge is -2.39. The molecule has 0 aromatic heterocycles. The van der Waals surface area contributed by atoms with Crippen LogP contribution < -0.4 is 11.1 Å². The first-order valence-corrected chi connectivity index (χ1v) is 6.06. The van der Waals surface area contributed by atoms with E-state index < -0.39 is 6.09 Å². The van der Waals surface area contributed by atoms with Gasteiger partial charge in [-0.05, 0) is 30.6 Å². The van der Waals surface area contributed by atoms with Crippen molar-refractivity contribution in [3.8, 4) is 0 Å². The third-order valence-corrected chi connectivity index (χ3v) is 3.45. The van der Waals surface area contributed by atoms with Crippen molar-refractivity contribution in [2.75, 3.05) is 13.2 Å². The Morgan fingerprint density at radius 3 is 2.81 bits per heavy atom. The number of nitrogens with one attached hydrogen (secondary N) is 1. The van der Waals surface area contributed by atoms with Gasteiger partial charge in [0.1, 0.15) is 6.61 Å². The summed E-state index contributed by atoms with van der Waals surface area (Å²) in [5.74, 6) is 0.678. The smallest absolute Gasteiger partial charge is 0.404 e. The van der Waals surface area contributed by atoms with Gasteiger partial charge in [-0.2, -0.15) is 0 Å². The molecule has 3 N–H and O–H groups in total. The van der Waals surface area contributed by atoms with Crippen LogP contribution in [0.3, 0.4) is 0 Å². The Balaban J connectivity index is 2.21. The molecule has 0 spiro atoms. The Bertz CT molecular complexity index is 241. The highest BCUT2D eigenvalue weighted by Crippen LogP contribution is 2.38. The van der Waals surface area contributed by atoms with Crippen molar-refractivity contribution in [1.29, 1.82) is 0 Å². The van der Waals surface area contributed by atoms with Crippen LogP contribution in [-0.2, 0) is 4.74 Å². The van der Waals surface area contributed by atoms with Crippen molar-refractivity contribution < 1.29 is 9.53 Å². The van der Waals surface area contributed by atoms with E-state index in [-0.39, 0.29) is 0 Å². The quantitative estimate of drug-likeness (QED) is 0.722. The van der Waals surface area contributed by atoms with Gasteiger partial charge in [0.15, 0.2) is 0 Å². The van der Waals surface area contributed by atoms with Crippen LogP contribution in [0.15, 0.2) is 0 Å². The van der Waals surface area contributed by atoms with Crippen molar-refractivity contribution in [2.45, 2.75) is 46.1 Å². The second-order valence-corrected chi connectivity index (χ2v) is 5.61. The van der Waals surface area contributed by atoms with Gasteiger partial charge in [-0.1, -0.05) is 20.8 Å². The molecule has 4 heteroatoms. The predicted molar refractivity (Wildman–Crippen MR) is 64.1 cm³/mol. The summed E-state index contributed by atoms with van der Waals surface area (Å²) in [6.07, 6.45) is 3.01. The summed E-state index contributed by atoms with van der Waals surface area (Å²) in [5.41, 5.74) is 5.36. The second kappa shape index (κ2) is 5.53. The number of carbonyl (C=O) groups excluding carboxylic acids is 1. The van der Waals surface area contributed by atoms with Gasteiger partial charge in [0.2, 0.25) is 0 Å². The Kier molecular flexibility index (Phi) is 4.59. The van der Waals surface area contributed by atoms with Crippen LogP contribution in [0.2, 0.25) is 0 Å². The summed E-state index contributed by atoms with van der Waals surface area (Å²) in [7, 11) is 0. The average molecular weight is 228 g/mol. The van der Waals surface area contributed by atoms with Crippen molar-refractivity contribution >= 4 is 6.09 Å². The summed E-state index contributed by atoms with van der Waals surface area (Å²) in [6.45, 7) is 8.00. The topological polar surface area (TPSA) is 64.3 Å². The van der Waals surface area contributed by atoms with E-state index in [9.17, 15) is 4.79 Å². The van der Waals surface area contributed by atoms with Crippen LogP contribution in [0.5, 0.6) is 0 Å². The van der Waals surface area contributed by atoms with Crippen LogP contribution >= 0.6 is 0 Å². The van der Waals surface area contributed by atoms with Crippen LogP contribution in [0.4, 0.5) is 4.79 Å². The normalized spacial score (nSPS) is 28.7. The maximum Gasteiger partial charge on any atom is 0.404 e. The largest absolute Gasteiger partial charge is 0.448 e. The third-order valence-electron chi connectivity index (χ3n) is 3.45. The lowest BCUT2D eigenvalue weighted by atomic mass is 9.70. The van der Waals surface area contributed by atoms with E-state index in [1.807, 2.05) is 0 Å². The number of hydrogen-bond acceptors (Lipinski definition) is 3. The molecule has 16 heavy (non-hydrogen) atoms. The Hall–Kier alpha value is -0.770. The van der Waals surface area contributed by atoms with Gasteiger partial charge in [0.05, 0.1) is 0 Å². The fourth-order valence-electron chi connectivity index (χ4n) is 2.65. The molecule has 4 nitrogen and oxygen atoms in total. The molecule has 0 bridgehead atoms. The lowest BCUT2D eigenvalue weighted by Crippen LogP contribution is -2.43. The van der Waals surface area contributed by atoms with E-state index in [0.29, 0.717) is 30.5 Å². The van der Waals surface area contributed by atoms with Gasteiger partial charge in [0.25, 0.3) is 0 Å². The molecule has 1 fully saturated rings. The first kappa shape index (κ1) is 13.3. The summed E-state index contributed by atoms with van der Waals surface area (Å²) in [5, 5.41) is 3.43. The summed E-state index contributed by atoms with van der Waals surface area (Å²) >= 11 is 0. The number of rotatable bonds is 4. The highest BCUT2D eigenvalue weighted by molar-refractivity contribution is 5.64. The average Bonchev–Trinajstić information content (AvgIpc) is 2.13. The maximum atomic E-state index is 10.4. The molecular weight excluding hydrogens is 204 g/mol. The van der Waals surface area contributed by atoms with Gasteiger partial charge < -0.3 is 15.8 Å². The zero-order valence-electron chi connectivity index (χ0n) is 10.6. The SMILES string of the molecule is CC1CC(C)(C)CCC1NCCOC(N)=O. The van der Waals surface area contributed by atoms with E-state index in [4.69, 9.17) is 5.73 Å². The van der Waals surface area contributed by atoms with Gasteiger partial charge in [-0.25, -0.2) is 4.79 Å². The van der Waals surface area contributed by atoms with Crippen LogP contribution in [0.1, 0.15) is 40.0 Å². The number of primary amides is 1. The van der Waals surface area contributed by atoms with Crippen molar-refractivity contribution in [2.24, 2.45) is 17.1 Å². The molecule has 94 valence electrons. The van der Waals surface area contributed by atoms with E-state index in [2.05, 4.69) is 30.8 Å². The summed E-state index contributed by atoms with van der Waals surface area (Å²) in [6, 6.07) is 0.546. The Labute approximate surface area is 97.9 Å². The number of hydrogen-bond donors (Lipinski definition) is 2. The van der Waals surface area contributed by atoms with Crippen molar-refractivity contribution in [1.82, 2.24) is 5.32 Å². The minimum absolute atomic E-state index is 0.363. The van der Waals surface area contributed by atoms with Crippen LogP contribution in [0.25, 0.3) is 0 Å². The number of amides is 1. The van der Waals surface area contributed by atoms with Gasteiger partial charge in [-0.3, -0.25) is 0 Å². The number of nitrogens with two attached hydrogens (primary N) is 1. The molecule has 1 rings (SSSR count).